The minimum Gasteiger partial charge on any atom is -0.481 e. The molecule has 0 atom stereocenters. The van der Waals surface area contributed by atoms with Crippen molar-refractivity contribution in [3.05, 3.63) is 34.3 Å². The zero-order valence-corrected chi connectivity index (χ0v) is 9.04. The molecule has 72 valence electrons. The molecule has 0 aliphatic heterocycles. The van der Waals surface area contributed by atoms with Crippen LogP contribution in [0.15, 0.2) is 28.7 Å². The number of carboxylic acid groups (broad SMARTS) is 1. The summed E-state index contributed by atoms with van der Waals surface area (Å²) in [5.41, 5.74) is 0.901. The molecule has 2 nitrogen and oxygen atoms in total. The highest BCUT2D eigenvalue weighted by molar-refractivity contribution is 9.10. The monoisotopic (exact) mass is 252 g/mol. The summed E-state index contributed by atoms with van der Waals surface area (Å²) in [5.74, 6) is 4.89. The predicted molar refractivity (Wildman–Crippen MR) is 57.9 cm³/mol. The number of halogens is 1. The quantitative estimate of drug-likeness (QED) is 0.822. The molecule has 0 bridgehead atoms. The molecule has 3 heteroatoms. The van der Waals surface area contributed by atoms with Crippen molar-refractivity contribution in [3.8, 4) is 11.8 Å². The third kappa shape index (κ3) is 4.11. The van der Waals surface area contributed by atoms with Crippen molar-refractivity contribution in [3.63, 3.8) is 0 Å². The summed E-state index contributed by atoms with van der Waals surface area (Å²) in [6, 6.07) is 7.58. The molecule has 0 aromatic heterocycles. The summed E-state index contributed by atoms with van der Waals surface area (Å²) in [5, 5.41) is 8.37. The minimum atomic E-state index is -0.810. The Morgan fingerprint density at radius 1 is 1.36 bits per heavy atom. The zero-order valence-electron chi connectivity index (χ0n) is 7.46. The second-order valence-corrected chi connectivity index (χ2v) is 3.62. The Morgan fingerprint density at radius 2 is 2.00 bits per heavy atom. The molecular formula is C11H9BrO2. The topological polar surface area (TPSA) is 37.3 Å². The first kappa shape index (κ1) is 10.8. The number of hydrogen-bond acceptors (Lipinski definition) is 1. The average Bonchev–Trinajstić information content (AvgIpc) is 2.15. The van der Waals surface area contributed by atoms with Crippen molar-refractivity contribution in [2.75, 3.05) is 0 Å². The van der Waals surface area contributed by atoms with E-state index in [0.717, 1.165) is 10.0 Å². The van der Waals surface area contributed by atoms with Gasteiger partial charge in [-0.3, -0.25) is 4.79 Å². The SMILES string of the molecule is O=C(O)CCC#Cc1ccc(Br)cc1. The maximum Gasteiger partial charge on any atom is 0.304 e. The van der Waals surface area contributed by atoms with Gasteiger partial charge in [0.15, 0.2) is 0 Å². The first-order valence-corrected chi connectivity index (χ1v) is 4.94. The third-order valence-corrected chi connectivity index (χ3v) is 2.07. The van der Waals surface area contributed by atoms with Crippen LogP contribution in [0.3, 0.4) is 0 Å². The van der Waals surface area contributed by atoms with Crippen molar-refractivity contribution in [1.82, 2.24) is 0 Å². The fourth-order valence-corrected chi connectivity index (χ4v) is 1.13. The fourth-order valence-electron chi connectivity index (χ4n) is 0.867. The van der Waals surface area contributed by atoms with Gasteiger partial charge in [0, 0.05) is 16.5 Å². The maximum atomic E-state index is 10.2. The summed E-state index contributed by atoms with van der Waals surface area (Å²) in [4.78, 5) is 10.2. The van der Waals surface area contributed by atoms with Gasteiger partial charge in [-0.15, -0.1) is 0 Å². The number of benzene rings is 1. The van der Waals surface area contributed by atoms with E-state index in [2.05, 4.69) is 27.8 Å². The Hall–Kier alpha value is -1.27. The van der Waals surface area contributed by atoms with E-state index >= 15 is 0 Å². The second-order valence-electron chi connectivity index (χ2n) is 2.70. The number of rotatable bonds is 2. The number of hydrogen-bond donors (Lipinski definition) is 1. The van der Waals surface area contributed by atoms with Crippen LogP contribution in [-0.2, 0) is 4.79 Å². The van der Waals surface area contributed by atoms with Crippen molar-refractivity contribution < 1.29 is 9.90 Å². The Morgan fingerprint density at radius 3 is 2.57 bits per heavy atom. The van der Waals surface area contributed by atoms with E-state index in [9.17, 15) is 4.79 Å². The molecule has 0 spiro atoms. The lowest BCUT2D eigenvalue weighted by molar-refractivity contribution is -0.136. The van der Waals surface area contributed by atoms with Crippen molar-refractivity contribution >= 4 is 21.9 Å². The smallest absolute Gasteiger partial charge is 0.304 e. The van der Waals surface area contributed by atoms with Crippen LogP contribution in [0, 0.1) is 11.8 Å². The van der Waals surface area contributed by atoms with E-state index in [0.29, 0.717) is 6.42 Å². The lowest BCUT2D eigenvalue weighted by atomic mass is 10.2. The fraction of sp³-hybridized carbons (Fsp3) is 0.182. The van der Waals surface area contributed by atoms with Crippen molar-refractivity contribution in [1.29, 1.82) is 0 Å². The summed E-state index contributed by atoms with van der Waals surface area (Å²) >= 11 is 3.32. The van der Waals surface area contributed by atoms with E-state index in [1.54, 1.807) is 0 Å². The van der Waals surface area contributed by atoms with Crippen LogP contribution in [-0.4, -0.2) is 11.1 Å². The van der Waals surface area contributed by atoms with Gasteiger partial charge in [-0.1, -0.05) is 27.8 Å². The zero-order chi connectivity index (χ0) is 10.4. The van der Waals surface area contributed by atoms with Gasteiger partial charge in [0.05, 0.1) is 6.42 Å². The van der Waals surface area contributed by atoms with E-state index in [4.69, 9.17) is 5.11 Å². The van der Waals surface area contributed by atoms with Crippen LogP contribution in [0.25, 0.3) is 0 Å². The van der Waals surface area contributed by atoms with E-state index in [1.807, 2.05) is 24.3 Å². The van der Waals surface area contributed by atoms with Crippen LogP contribution < -0.4 is 0 Å². The van der Waals surface area contributed by atoms with Gasteiger partial charge in [-0.25, -0.2) is 0 Å². The Balaban J connectivity index is 2.51. The molecule has 0 saturated heterocycles. The second kappa shape index (κ2) is 5.46. The highest BCUT2D eigenvalue weighted by atomic mass is 79.9. The Bertz CT molecular complexity index is 371. The predicted octanol–water partition coefficient (Wildman–Crippen LogP) is 2.67. The van der Waals surface area contributed by atoms with Gasteiger partial charge < -0.3 is 5.11 Å². The molecular weight excluding hydrogens is 244 g/mol. The first-order chi connectivity index (χ1) is 6.68. The van der Waals surface area contributed by atoms with Crippen LogP contribution in [0.1, 0.15) is 18.4 Å². The van der Waals surface area contributed by atoms with Gasteiger partial charge in [0.2, 0.25) is 0 Å². The molecule has 1 N–H and O–H groups in total. The normalized spacial score (nSPS) is 8.93. The molecule has 0 aliphatic rings. The molecule has 0 amide bonds. The lowest BCUT2D eigenvalue weighted by Gasteiger charge is -1.90. The molecule has 0 aliphatic carbocycles. The van der Waals surface area contributed by atoms with Gasteiger partial charge in [0.1, 0.15) is 0 Å². The minimum absolute atomic E-state index is 0.101. The third-order valence-electron chi connectivity index (χ3n) is 1.54. The van der Waals surface area contributed by atoms with E-state index in [1.165, 1.54) is 0 Å². The van der Waals surface area contributed by atoms with Gasteiger partial charge in [0.25, 0.3) is 0 Å². The van der Waals surface area contributed by atoms with Crippen molar-refractivity contribution in [2.24, 2.45) is 0 Å². The van der Waals surface area contributed by atoms with Crippen LogP contribution in [0.5, 0.6) is 0 Å². The molecule has 14 heavy (non-hydrogen) atoms. The summed E-state index contributed by atoms with van der Waals surface area (Å²) in [6.07, 6.45) is 0.495. The highest BCUT2D eigenvalue weighted by Crippen LogP contribution is 2.09. The molecule has 1 aromatic rings. The lowest BCUT2D eigenvalue weighted by Crippen LogP contribution is -1.91. The Labute approximate surface area is 91.1 Å². The maximum absolute atomic E-state index is 10.2. The van der Waals surface area contributed by atoms with Crippen LogP contribution in [0.4, 0.5) is 0 Å². The van der Waals surface area contributed by atoms with Crippen LogP contribution in [0.2, 0.25) is 0 Å². The summed E-state index contributed by atoms with van der Waals surface area (Å²) in [7, 11) is 0. The first-order valence-electron chi connectivity index (χ1n) is 4.15. The van der Waals surface area contributed by atoms with E-state index < -0.39 is 5.97 Å². The number of carboxylic acids is 1. The molecule has 0 saturated carbocycles. The average molecular weight is 253 g/mol. The van der Waals surface area contributed by atoms with Gasteiger partial charge in [-0.05, 0) is 24.3 Å². The molecule has 0 unspecified atom stereocenters. The summed E-state index contributed by atoms with van der Waals surface area (Å²) in [6.45, 7) is 0. The molecule has 0 heterocycles. The summed E-state index contributed by atoms with van der Waals surface area (Å²) < 4.78 is 1.01. The Kier molecular flexibility index (Phi) is 4.21. The number of aliphatic carboxylic acids is 1. The highest BCUT2D eigenvalue weighted by Gasteiger charge is 1.91. The van der Waals surface area contributed by atoms with Crippen molar-refractivity contribution in [2.45, 2.75) is 12.8 Å². The van der Waals surface area contributed by atoms with E-state index in [-0.39, 0.29) is 6.42 Å². The van der Waals surface area contributed by atoms with Crippen LogP contribution >= 0.6 is 15.9 Å². The molecule has 1 rings (SSSR count). The van der Waals surface area contributed by atoms with Gasteiger partial charge in [-0.2, -0.15) is 0 Å². The number of carbonyl (C=O) groups is 1. The standard InChI is InChI=1S/C11H9BrO2/c12-10-7-5-9(6-8-10)3-1-2-4-11(13)14/h5-8H,2,4H2,(H,13,14). The van der Waals surface area contributed by atoms with Gasteiger partial charge >= 0.3 is 5.97 Å². The molecule has 1 aromatic carbocycles. The molecule has 0 radical (unpaired) electrons. The largest absolute Gasteiger partial charge is 0.481 e. The molecule has 0 fully saturated rings.